The standard InChI is InChI=1S/C28H34O8Si/c1-33-18-8-6-16(23(13-18)34-2)15-36-28(32)26-24-20-12-17(29)7-9-19(20)21(14-22(24)30)25(26)27(31)35-10-11-37(3,4)5/h6-9,12-13,21,24-26,29H,10-11,14-15H2,1-5H3/t21?,24?,25-,26+/m1/s1. The molecule has 8 nitrogen and oxygen atoms in total. The number of methoxy groups -OCH3 is 2. The first-order chi connectivity index (χ1) is 17.5. The van der Waals surface area contributed by atoms with Crippen LogP contribution in [0.1, 0.15) is 34.9 Å². The smallest absolute Gasteiger partial charge is 0.311 e. The van der Waals surface area contributed by atoms with Crippen LogP contribution in [0.25, 0.3) is 0 Å². The summed E-state index contributed by atoms with van der Waals surface area (Å²) in [6.45, 7) is 6.76. The lowest BCUT2D eigenvalue weighted by Gasteiger charge is -2.46. The van der Waals surface area contributed by atoms with Gasteiger partial charge >= 0.3 is 11.9 Å². The highest BCUT2D eigenvalue weighted by molar-refractivity contribution is 6.76. The number of rotatable bonds is 9. The third-order valence-electron chi connectivity index (χ3n) is 7.26. The molecule has 37 heavy (non-hydrogen) atoms. The Morgan fingerprint density at radius 3 is 2.35 bits per heavy atom. The van der Waals surface area contributed by atoms with Gasteiger partial charge in [-0.25, -0.2) is 0 Å². The van der Waals surface area contributed by atoms with Crippen LogP contribution in [0.2, 0.25) is 25.7 Å². The molecule has 3 aliphatic rings. The van der Waals surface area contributed by atoms with Crippen LogP contribution in [0.4, 0.5) is 0 Å². The van der Waals surface area contributed by atoms with Crippen molar-refractivity contribution in [3.8, 4) is 17.2 Å². The average Bonchev–Trinajstić information content (AvgIpc) is 2.85. The molecule has 2 aromatic carbocycles. The van der Waals surface area contributed by atoms with Gasteiger partial charge in [-0.15, -0.1) is 0 Å². The lowest BCUT2D eigenvalue weighted by atomic mass is 9.55. The number of Topliss-reactive ketones (excluding diaryl/α,β-unsaturated/α-hetero) is 1. The van der Waals surface area contributed by atoms with Crippen molar-refractivity contribution in [2.75, 3.05) is 20.8 Å². The largest absolute Gasteiger partial charge is 0.508 e. The fourth-order valence-corrected chi connectivity index (χ4v) is 6.05. The van der Waals surface area contributed by atoms with Crippen LogP contribution < -0.4 is 9.47 Å². The van der Waals surface area contributed by atoms with E-state index in [9.17, 15) is 19.5 Å². The van der Waals surface area contributed by atoms with E-state index in [2.05, 4.69) is 19.6 Å². The summed E-state index contributed by atoms with van der Waals surface area (Å²) in [5.74, 6) is -3.46. The van der Waals surface area contributed by atoms with E-state index < -0.39 is 43.7 Å². The number of phenolic OH excluding ortho intramolecular Hbond substituents is 1. The minimum atomic E-state index is -1.44. The van der Waals surface area contributed by atoms with Gasteiger partial charge in [-0.2, -0.15) is 0 Å². The number of carbonyl (C=O) groups is 3. The molecule has 2 unspecified atom stereocenters. The zero-order chi connectivity index (χ0) is 26.9. The molecule has 0 saturated heterocycles. The quantitative estimate of drug-likeness (QED) is 0.378. The van der Waals surface area contributed by atoms with Crippen molar-refractivity contribution in [1.29, 1.82) is 0 Å². The molecule has 0 amide bonds. The maximum absolute atomic E-state index is 13.6. The predicted octanol–water partition coefficient (Wildman–Crippen LogP) is 4.42. The maximum Gasteiger partial charge on any atom is 0.311 e. The summed E-state index contributed by atoms with van der Waals surface area (Å²) in [7, 11) is 1.61. The SMILES string of the molecule is COc1ccc(COC(=O)[C@H]2C3C(=O)CC(c4ccc(O)cc43)[C@H]2C(=O)OCC[Si](C)(C)C)c(OC)c1. The molecule has 0 aromatic heterocycles. The average molecular weight is 527 g/mol. The van der Waals surface area contributed by atoms with E-state index in [0.29, 0.717) is 22.6 Å². The van der Waals surface area contributed by atoms with Crippen molar-refractivity contribution < 1.29 is 38.4 Å². The fraction of sp³-hybridized carbons (Fsp3) is 0.464. The monoisotopic (exact) mass is 526 g/mol. The van der Waals surface area contributed by atoms with Gasteiger partial charge in [-0.3, -0.25) is 14.4 Å². The van der Waals surface area contributed by atoms with Gasteiger partial charge in [0.2, 0.25) is 0 Å². The molecule has 1 fully saturated rings. The topological polar surface area (TPSA) is 108 Å². The molecule has 3 aliphatic carbocycles. The highest BCUT2D eigenvalue weighted by Gasteiger charge is 2.58. The van der Waals surface area contributed by atoms with Crippen molar-refractivity contribution in [1.82, 2.24) is 0 Å². The van der Waals surface area contributed by atoms with Crippen LogP contribution in [0.15, 0.2) is 36.4 Å². The molecule has 2 aromatic rings. The second kappa shape index (κ2) is 10.6. The van der Waals surface area contributed by atoms with E-state index >= 15 is 0 Å². The number of aromatic hydroxyl groups is 1. The van der Waals surface area contributed by atoms with Crippen LogP contribution in [0, 0.1) is 11.8 Å². The van der Waals surface area contributed by atoms with Crippen molar-refractivity contribution in [2.24, 2.45) is 11.8 Å². The Labute approximate surface area is 217 Å². The van der Waals surface area contributed by atoms with Crippen molar-refractivity contribution >= 4 is 25.8 Å². The minimum Gasteiger partial charge on any atom is -0.508 e. The molecular formula is C28H34O8Si. The molecular weight excluding hydrogens is 492 g/mol. The Morgan fingerprint density at radius 1 is 0.946 bits per heavy atom. The zero-order valence-electron chi connectivity index (χ0n) is 21.9. The first kappa shape index (κ1) is 26.7. The molecule has 1 saturated carbocycles. The molecule has 0 heterocycles. The number of fused-ring (bicyclic) bond motifs is 2. The zero-order valence-corrected chi connectivity index (χ0v) is 22.9. The Bertz CT molecular complexity index is 1200. The molecule has 2 bridgehead atoms. The highest BCUT2D eigenvalue weighted by Crippen LogP contribution is 2.55. The number of benzene rings is 2. The first-order valence-corrected chi connectivity index (χ1v) is 16.1. The van der Waals surface area contributed by atoms with E-state index in [-0.39, 0.29) is 31.2 Å². The summed E-state index contributed by atoms with van der Waals surface area (Å²) >= 11 is 0. The highest BCUT2D eigenvalue weighted by atomic mass is 28.3. The van der Waals surface area contributed by atoms with Crippen LogP contribution in [-0.4, -0.2) is 51.7 Å². The van der Waals surface area contributed by atoms with Crippen LogP contribution in [0.3, 0.4) is 0 Å². The van der Waals surface area contributed by atoms with Gasteiger partial charge in [0.1, 0.15) is 29.6 Å². The van der Waals surface area contributed by atoms with Gasteiger partial charge in [-0.05, 0) is 41.4 Å². The first-order valence-electron chi connectivity index (χ1n) is 12.4. The Kier molecular flexibility index (Phi) is 7.63. The normalized spacial score (nSPS) is 22.2. The molecule has 4 atom stereocenters. The molecule has 198 valence electrons. The molecule has 1 N–H and O–H groups in total. The van der Waals surface area contributed by atoms with Gasteiger partial charge in [0.15, 0.2) is 0 Å². The van der Waals surface area contributed by atoms with Gasteiger partial charge in [-0.1, -0.05) is 25.7 Å². The minimum absolute atomic E-state index is 0.00319. The van der Waals surface area contributed by atoms with Gasteiger partial charge in [0, 0.05) is 32.0 Å². The molecule has 5 rings (SSSR count). The second-order valence-electron chi connectivity index (χ2n) is 10.9. The summed E-state index contributed by atoms with van der Waals surface area (Å²) in [4.78, 5) is 40.1. The second-order valence-corrected chi connectivity index (χ2v) is 16.5. The molecule has 0 aliphatic heterocycles. The Morgan fingerprint density at radius 2 is 1.68 bits per heavy atom. The number of phenols is 1. The Hall–Kier alpha value is -3.33. The van der Waals surface area contributed by atoms with Crippen molar-refractivity contribution in [3.63, 3.8) is 0 Å². The number of carbonyl (C=O) groups excluding carboxylic acids is 3. The van der Waals surface area contributed by atoms with Gasteiger partial charge in [0.05, 0.1) is 38.6 Å². The van der Waals surface area contributed by atoms with Crippen molar-refractivity contribution in [3.05, 3.63) is 53.1 Å². The number of hydrogen-bond donors (Lipinski definition) is 1. The molecule has 0 spiro atoms. The lowest BCUT2D eigenvalue weighted by molar-refractivity contribution is -0.168. The van der Waals surface area contributed by atoms with Crippen LogP contribution >= 0.6 is 0 Å². The van der Waals surface area contributed by atoms with E-state index in [1.165, 1.54) is 13.2 Å². The summed E-state index contributed by atoms with van der Waals surface area (Å²) in [5, 5.41) is 10.1. The Balaban J connectivity index is 1.63. The summed E-state index contributed by atoms with van der Waals surface area (Å²) in [5.41, 5.74) is 2.00. The maximum atomic E-state index is 13.6. The molecule has 0 radical (unpaired) electrons. The summed E-state index contributed by atoms with van der Waals surface area (Å²) in [6, 6.07) is 10.8. The fourth-order valence-electron chi connectivity index (χ4n) is 5.33. The molecule has 9 heteroatoms. The number of ketones is 1. The summed E-state index contributed by atoms with van der Waals surface area (Å²) < 4.78 is 22.0. The van der Waals surface area contributed by atoms with E-state index in [4.69, 9.17) is 18.9 Å². The van der Waals surface area contributed by atoms with E-state index in [1.54, 1.807) is 37.4 Å². The van der Waals surface area contributed by atoms with Gasteiger partial charge < -0.3 is 24.1 Å². The van der Waals surface area contributed by atoms with Crippen LogP contribution in [-0.2, 0) is 30.5 Å². The third kappa shape index (κ3) is 5.51. The van der Waals surface area contributed by atoms with Gasteiger partial charge in [0.25, 0.3) is 0 Å². The van der Waals surface area contributed by atoms with Crippen molar-refractivity contribution in [2.45, 2.75) is 50.5 Å². The number of esters is 2. The summed E-state index contributed by atoms with van der Waals surface area (Å²) in [6.07, 6.45) is 0.145. The van der Waals surface area contributed by atoms with E-state index in [1.807, 2.05) is 0 Å². The third-order valence-corrected chi connectivity index (χ3v) is 8.96. The van der Waals surface area contributed by atoms with E-state index in [0.717, 1.165) is 11.6 Å². The van der Waals surface area contributed by atoms with Crippen LogP contribution in [0.5, 0.6) is 17.2 Å². The number of ether oxygens (including phenoxy) is 4. The lowest BCUT2D eigenvalue weighted by Crippen LogP contribution is -2.50. The number of hydrogen-bond acceptors (Lipinski definition) is 8. The predicted molar refractivity (Wildman–Crippen MR) is 139 cm³/mol.